The van der Waals surface area contributed by atoms with Gasteiger partial charge in [-0.2, -0.15) is 0 Å². The normalized spacial score (nSPS) is 11.9. The lowest BCUT2D eigenvalue weighted by molar-refractivity contribution is -0.151. The fourth-order valence-corrected chi connectivity index (χ4v) is 4.12. The minimum atomic E-state index is -0.877. The van der Waals surface area contributed by atoms with Gasteiger partial charge in [-0.25, -0.2) is 0 Å². The maximum atomic E-state index is 11.6. The van der Waals surface area contributed by atoms with Crippen molar-refractivity contribution >= 4 is 11.9 Å². The van der Waals surface area contributed by atoms with Crippen LogP contribution in [0.15, 0.2) is 12.7 Å². The zero-order valence-corrected chi connectivity index (χ0v) is 21.1. The molecule has 4 heteroatoms. The first-order chi connectivity index (χ1) is 15.6. The van der Waals surface area contributed by atoms with Crippen molar-refractivity contribution in [2.75, 3.05) is 6.61 Å². The van der Waals surface area contributed by atoms with E-state index in [4.69, 9.17) is 4.74 Å². The summed E-state index contributed by atoms with van der Waals surface area (Å²) in [5, 5.41) is 9.29. The summed E-state index contributed by atoms with van der Waals surface area (Å²) in [6.45, 7) is 6.08. The van der Waals surface area contributed by atoms with Crippen molar-refractivity contribution < 1.29 is 19.4 Å². The van der Waals surface area contributed by atoms with Crippen LogP contribution in [0, 0.1) is 5.92 Å². The zero-order valence-electron chi connectivity index (χ0n) is 21.1. The van der Waals surface area contributed by atoms with Gasteiger partial charge in [-0.3, -0.25) is 9.59 Å². The van der Waals surface area contributed by atoms with Crippen LogP contribution in [-0.2, 0) is 14.3 Å². The molecule has 0 amide bonds. The molecule has 0 rings (SSSR count). The minimum absolute atomic E-state index is 0.00539. The van der Waals surface area contributed by atoms with Crippen molar-refractivity contribution in [3.63, 3.8) is 0 Å². The van der Waals surface area contributed by atoms with Crippen molar-refractivity contribution in [2.45, 2.75) is 142 Å². The number of aliphatic carboxylic acids is 1. The van der Waals surface area contributed by atoms with Crippen LogP contribution in [0.25, 0.3) is 0 Å². The Kier molecular flexibility index (Phi) is 23.3. The molecule has 32 heavy (non-hydrogen) atoms. The van der Waals surface area contributed by atoms with Gasteiger partial charge in [0.25, 0.3) is 0 Å². The van der Waals surface area contributed by atoms with Crippen molar-refractivity contribution in [3.05, 3.63) is 12.7 Å². The van der Waals surface area contributed by atoms with Gasteiger partial charge in [0.05, 0.1) is 18.9 Å². The molecule has 0 spiro atoms. The van der Waals surface area contributed by atoms with Crippen LogP contribution in [0.3, 0.4) is 0 Å². The molecule has 0 bridgehead atoms. The molecule has 0 heterocycles. The van der Waals surface area contributed by atoms with E-state index < -0.39 is 11.9 Å². The van der Waals surface area contributed by atoms with Crippen LogP contribution < -0.4 is 0 Å². The summed E-state index contributed by atoms with van der Waals surface area (Å²) in [5.41, 5.74) is 0. The van der Waals surface area contributed by atoms with Gasteiger partial charge in [-0.1, -0.05) is 116 Å². The Labute approximate surface area is 198 Å². The molecule has 188 valence electrons. The maximum absolute atomic E-state index is 11.6. The second-order valence-corrected chi connectivity index (χ2v) is 9.34. The zero-order chi connectivity index (χ0) is 23.7. The van der Waals surface area contributed by atoms with E-state index in [1.807, 2.05) is 13.0 Å². The molecule has 1 unspecified atom stereocenters. The van der Waals surface area contributed by atoms with Gasteiger partial charge in [0.15, 0.2) is 0 Å². The van der Waals surface area contributed by atoms with E-state index in [0.29, 0.717) is 13.0 Å². The molecule has 0 fully saturated rings. The fraction of sp³-hybridized carbons (Fsp3) is 0.857. The van der Waals surface area contributed by atoms with Gasteiger partial charge in [0.1, 0.15) is 0 Å². The van der Waals surface area contributed by atoms with Crippen LogP contribution >= 0.6 is 0 Å². The van der Waals surface area contributed by atoms with Gasteiger partial charge in [-0.05, 0) is 25.7 Å². The molecule has 0 aliphatic carbocycles. The van der Waals surface area contributed by atoms with E-state index in [0.717, 1.165) is 19.3 Å². The van der Waals surface area contributed by atoms with Crippen LogP contribution in [0.5, 0.6) is 0 Å². The Morgan fingerprint density at radius 3 is 1.53 bits per heavy atom. The molecule has 0 saturated carbocycles. The number of hydrogen-bond donors (Lipinski definition) is 1. The number of ether oxygens (including phenoxy) is 1. The quantitative estimate of drug-likeness (QED) is 0.0855. The summed E-state index contributed by atoms with van der Waals surface area (Å²) in [6, 6.07) is 0. The molecule has 0 aromatic carbocycles. The first kappa shape index (κ1) is 30.7. The highest BCUT2D eigenvalue weighted by atomic mass is 16.5. The Balaban J connectivity index is 3.36. The van der Waals surface area contributed by atoms with Crippen molar-refractivity contribution in [1.82, 2.24) is 0 Å². The molecule has 0 aromatic rings. The monoisotopic (exact) mass is 452 g/mol. The van der Waals surface area contributed by atoms with E-state index in [1.54, 1.807) is 0 Å². The summed E-state index contributed by atoms with van der Waals surface area (Å²) in [7, 11) is 0. The van der Waals surface area contributed by atoms with E-state index in [2.05, 4.69) is 6.58 Å². The largest absolute Gasteiger partial charge is 0.481 e. The summed E-state index contributed by atoms with van der Waals surface area (Å²) >= 11 is 0. The average Bonchev–Trinajstić information content (AvgIpc) is 2.78. The molecule has 0 radical (unpaired) electrons. The number of carboxylic acid groups (broad SMARTS) is 1. The number of rotatable bonds is 25. The standard InChI is InChI=1S/C28H52O4/c1-3-5-6-7-8-9-10-11-12-13-14-15-16-17-18-19-20-21-22-23-26(28(30)31)25-27(29)32-24-4-2/h3,26H,1,4-25H2,2H3,(H,30,31). The third-order valence-corrected chi connectivity index (χ3v) is 6.19. The highest BCUT2D eigenvalue weighted by Crippen LogP contribution is 2.18. The molecular weight excluding hydrogens is 400 g/mol. The first-order valence-electron chi connectivity index (χ1n) is 13.6. The smallest absolute Gasteiger partial charge is 0.307 e. The molecule has 0 aromatic heterocycles. The lowest BCUT2D eigenvalue weighted by Gasteiger charge is -2.11. The van der Waals surface area contributed by atoms with Gasteiger partial charge >= 0.3 is 11.9 Å². The lowest BCUT2D eigenvalue weighted by Crippen LogP contribution is -2.19. The second-order valence-electron chi connectivity index (χ2n) is 9.34. The highest BCUT2D eigenvalue weighted by Gasteiger charge is 2.21. The van der Waals surface area contributed by atoms with E-state index in [9.17, 15) is 14.7 Å². The van der Waals surface area contributed by atoms with Crippen molar-refractivity contribution in [2.24, 2.45) is 5.92 Å². The number of hydrogen-bond acceptors (Lipinski definition) is 3. The number of carbonyl (C=O) groups is 2. The van der Waals surface area contributed by atoms with Crippen LogP contribution in [0.2, 0.25) is 0 Å². The highest BCUT2D eigenvalue weighted by molar-refractivity contribution is 5.78. The first-order valence-corrected chi connectivity index (χ1v) is 13.6. The Hall–Kier alpha value is -1.32. The van der Waals surface area contributed by atoms with Gasteiger partial charge in [0, 0.05) is 0 Å². The van der Waals surface area contributed by atoms with E-state index in [-0.39, 0.29) is 12.4 Å². The number of carbonyl (C=O) groups excluding carboxylic acids is 1. The van der Waals surface area contributed by atoms with Gasteiger partial charge in [-0.15, -0.1) is 6.58 Å². The number of unbranched alkanes of at least 4 members (excludes halogenated alkanes) is 17. The molecule has 0 aliphatic rings. The van der Waals surface area contributed by atoms with Crippen LogP contribution in [0.4, 0.5) is 0 Å². The topological polar surface area (TPSA) is 63.6 Å². The van der Waals surface area contributed by atoms with Crippen LogP contribution in [0.1, 0.15) is 142 Å². The summed E-state index contributed by atoms with van der Waals surface area (Å²) in [4.78, 5) is 23.0. The summed E-state index contributed by atoms with van der Waals surface area (Å²) in [6.07, 6.45) is 26.7. The second kappa shape index (κ2) is 24.3. The molecule has 0 aliphatic heterocycles. The molecule has 1 atom stereocenters. The molecule has 1 N–H and O–H groups in total. The lowest BCUT2D eigenvalue weighted by atomic mass is 9.97. The number of esters is 1. The van der Waals surface area contributed by atoms with Crippen LogP contribution in [-0.4, -0.2) is 23.7 Å². The molecule has 4 nitrogen and oxygen atoms in total. The minimum Gasteiger partial charge on any atom is -0.481 e. The third kappa shape index (κ3) is 21.9. The Morgan fingerprint density at radius 2 is 1.16 bits per heavy atom. The van der Waals surface area contributed by atoms with Gasteiger partial charge in [0.2, 0.25) is 0 Å². The van der Waals surface area contributed by atoms with E-state index in [1.165, 1.54) is 103 Å². The molecule has 0 saturated heterocycles. The van der Waals surface area contributed by atoms with Crippen molar-refractivity contribution in [3.8, 4) is 0 Å². The fourth-order valence-electron chi connectivity index (χ4n) is 4.12. The summed E-state index contributed by atoms with van der Waals surface area (Å²) < 4.78 is 5.01. The average molecular weight is 453 g/mol. The van der Waals surface area contributed by atoms with Gasteiger partial charge < -0.3 is 9.84 Å². The SMILES string of the molecule is C=CCCCCCCCCCCCCCCCCCCCC(CC(=O)OCCC)C(=O)O. The van der Waals surface area contributed by atoms with E-state index >= 15 is 0 Å². The summed E-state index contributed by atoms with van der Waals surface area (Å²) in [5.74, 6) is -1.85. The maximum Gasteiger partial charge on any atom is 0.307 e. The number of carboxylic acids is 1. The van der Waals surface area contributed by atoms with Crippen molar-refractivity contribution in [1.29, 1.82) is 0 Å². The Bertz CT molecular complexity index is 447. The number of allylic oxidation sites excluding steroid dienone is 1. The third-order valence-electron chi connectivity index (χ3n) is 6.19. The predicted molar refractivity (Wildman–Crippen MR) is 135 cm³/mol. The Morgan fingerprint density at radius 1 is 0.750 bits per heavy atom. The predicted octanol–water partition coefficient (Wildman–Crippen LogP) is 8.63. The molecular formula is C28H52O4.